The predicted molar refractivity (Wildman–Crippen MR) is 86.3 cm³/mol. The number of carbonyl (C=O) groups is 1. The molecule has 0 aliphatic heterocycles. The third-order valence-electron chi connectivity index (χ3n) is 3.49. The molecule has 25 heavy (non-hydrogen) atoms. The van der Waals surface area contributed by atoms with Crippen LogP contribution in [0.3, 0.4) is 0 Å². The second-order valence-electron chi connectivity index (χ2n) is 5.16. The lowest BCUT2D eigenvalue weighted by molar-refractivity contribution is -0.141. The van der Waals surface area contributed by atoms with E-state index >= 15 is 0 Å². The molecule has 0 radical (unpaired) electrons. The van der Waals surface area contributed by atoms with Gasteiger partial charge in [-0.25, -0.2) is 0 Å². The molecule has 0 bridgehead atoms. The van der Waals surface area contributed by atoms with E-state index in [9.17, 15) is 18.0 Å². The van der Waals surface area contributed by atoms with Gasteiger partial charge in [-0.1, -0.05) is 6.07 Å². The molecule has 1 atom stereocenters. The highest BCUT2D eigenvalue weighted by molar-refractivity contribution is 7.10. The van der Waals surface area contributed by atoms with E-state index in [1.165, 1.54) is 11.3 Å². The predicted octanol–water partition coefficient (Wildman–Crippen LogP) is 3.38. The molecule has 0 unspecified atom stereocenters. The number of carbonyl (C=O) groups excluding carboxylic acids is 1. The van der Waals surface area contributed by atoms with Crippen LogP contribution in [0.25, 0.3) is 0 Å². The maximum atomic E-state index is 12.5. The van der Waals surface area contributed by atoms with Gasteiger partial charge in [-0.2, -0.15) is 18.3 Å². The van der Waals surface area contributed by atoms with Gasteiger partial charge in [0.2, 0.25) is 0 Å². The van der Waals surface area contributed by atoms with Crippen LogP contribution in [0.2, 0.25) is 0 Å². The summed E-state index contributed by atoms with van der Waals surface area (Å²) in [6.45, 7) is 0.252. The molecule has 1 amide bonds. The van der Waals surface area contributed by atoms with Gasteiger partial charge in [0.15, 0.2) is 0 Å². The number of aromatic nitrogens is 3. The zero-order valence-corrected chi connectivity index (χ0v) is 13.6. The monoisotopic (exact) mass is 366 g/mol. The molecule has 0 aromatic carbocycles. The zero-order chi connectivity index (χ0) is 17.9. The first kappa shape index (κ1) is 17.2. The Morgan fingerprint density at radius 3 is 2.68 bits per heavy atom. The number of nitrogens with one attached hydrogen (secondary N) is 1. The molecule has 0 spiro atoms. The Kier molecular flexibility index (Phi) is 4.84. The van der Waals surface area contributed by atoms with Gasteiger partial charge in [-0.15, -0.1) is 11.3 Å². The lowest BCUT2D eigenvalue weighted by atomic mass is 10.2. The fourth-order valence-corrected chi connectivity index (χ4v) is 3.08. The normalized spacial score (nSPS) is 12.8. The van der Waals surface area contributed by atoms with E-state index in [0.717, 1.165) is 23.2 Å². The van der Waals surface area contributed by atoms with Gasteiger partial charge < -0.3 is 5.32 Å². The summed E-state index contributed by atoms with van der Waals surface area (Å²) in [4.78, 5) is 16.5. The number of nitrogens with zero attached hydrogens (tertiary/aromatic N) is 3. The molecule has 0 saturated heterocycles. The van der Waals surface area contributed by atoms with Crippen molar-refractivity contribution in [1.29, 1.82) is 0 Å². The van der Waals surface area contributed by atoms with Crippen molar-refractivity contribution in [2.45, 2.75) is 12.2 Å². The molecule has 3 heterocycles. The number of hydrogen-bond donors (Lipinski definition) is 1. The van der Waals surface area contributed by atoms with E-state index in [4.69, 9.17) is 0 Å². The molecule has 1 N–H and O–H groups in total. The molecule has 9 heteroatoms. The largest absolute Gasteiger partial charge is 0.433 e. The average molecular weight is 366 g/mol. The van der Waals surface area contributed by atoms with Crippen LogP contribution < -0.4 is 5.32 Å². The van der Waals surface area contributed by atoms with Gasteiger partial charge >= 0.3 is 6.18 Å². The van der Waals surface area contributed by atoms with E-state index in [0.29, 0.717) is 0 Å². The van der Waals surface area contributed by atoms with Crippen molar-refractivity contribution in [2.75, 3.05) is 6.54 Å². The molecule has 130 valence electrons. The van der Waals surface area contributed by atoms with Crippen LogP contribution in [-0.4, -0.2) is 27.2 Å². The maximum absolute atomic E-state index is 12.5. The smallest absolute Gasteiger partial charge is 0.349 e. The second-order valence-corrected chi connectivity index (χ2v) is 6.14. The van der Waals surface area contributed by atoms with Crippen LogP contribution in [-0.2, 0) is 6.18 Å². The van der Waals surface area contributed by atoms with Gasteiger partial charge in [0.25, 0.3) is 5.91 Å². The Morgan fingerprint density at radius 2 is 2.12 bits per heavy atom. The summed E-state index contributed by atoms with van der Waals surface area (Å²) in [5, 5.41) is 8.84. The zero-order valence-electron chi connectivity index (χ0n) is 12.8. The minimum Gasteiger partial charge on any atom is -0.349 e. The number of hydrogen-bond acceptors (Lipinski definition) is 4. The summed E-state index contributed by atoms with van der Waals surface area (Å²) in [7, 11) is 0. The fraction of sp³-hybridized carbons (Fsp3) is 0.188. The molecular formula is C16H13F3N4OS. The number of amides is 1. The van der Waals surface area contributed by atoms with Crippen molar-refractivity contribution in [3.05, 3.63) is 70.4 Å². The summed E-state index contributed by atoms with van der Waals surface area (Å²) in [5.41, 5.74) is -0.963. The van der Waals surface area contributed by atoms with Gasteiger partial charge in [0.1, 0.15) is 11.7 Å². The van der Waals surface area contributed by atoms with Gasteiger partial charge in [0.05, 0.1) is 5.56 Å². The van der Waals surface area contributed by atoms with Crippen LogP contribution in [0.15, 0.2) is 54.3 Å². The topological polar surface area (TPSA) is 59.8 Å². The Bertz CT molecular complexity index is 780. The average Bonchev–Trinajstić information content (AvgIpc) is 3.28. The summed E-state index contributed by atoms with van der Waals surface area (Å²) in [5.74, 6) is -0.491. The van der Waals surface area contributed by atoms with E-state index in [1.807, 2.05) is 17.5 Å². The lowest BCUT2D eigenvalue weighted by Crippen LogP contribution is -2.31. The molecule has 3 aromatic rings. The first-order valence-corrected chi connectivity index (χ1v) is 8.17. The van der Waals surface area contributed by atoms with Crippen LogP contribution >= 0.6 is 11.3 Å². The lowest BCUT2D eigenvalue weighted by Gasteiger charge is -2.17. The highest BCUT2D eigenvalue weighted by Gasteiger charge is 2.32. The number of thiophene rings is 1. The number of rotatable bonds is 5. The van der Waals surface area contributed by atoms with Crippen LogP contribution in [0.5, 0.6) is 0 Å². The summed E-state index contributed by atoms with van der Waals surface area (Å²) < 4.78 is 39.3. The fourth-order valence-electron chi connectivity index (χ4n) is 2.26. The molecule has 0 aliphatic carbocycles. The Morgan fingerprint density at radius 1 is 1.28 bits per heavy atom. The van der Waals surface area contributed by atoms with Crippen molar-refractivity contribution in [2.24, 2.45) is 0 Å². The van der Waals surface area contributed by atoms with Crippen LogP contribution in [0.1, 0.15) is 27.0 Å². The van der Waals surface area contributed by atoms with Crippen molar-refractivity contribution in [3.63, 3.8) is 0 Å². The third kappa shape index (κ3) is 4.05. The number of alkyl halides is 3. The summed E-state index contributed by atoms with van der Waals surface area (Å²) in [6, 6.07) is 7.32. The first-order valence-electron chi connectivity index (χ1n) is 7.29. The molecule has 5 nitrogen and oxygen atoms in total. The van der Waals surface area contributed by atoms with Crippen LogP contribution in [0, 0.1) is 0 Å². The minimum atomic E-state index is -4.53. The van der Waals surface area contributed by atoms with Crippen molar-refractivity contribution >= 4 is 17.2 Å². The highest BCUT2D eigenvalue weighted by atomic mass is 32.1. The molecule has 3 rings (SSSR count). The highest BCUT2D eigenvalue weighted by Crippen LogP contribution is 2.27. The third-order valence-corrected chi connectivity index (χ3v) is 4.46. The molecule has 3 aromatic heterocycles. The van der Waals surface area contributed by atoms with Crippen LogP contribution in [0.4, 0.5) is 13.2 Å². The van der Waals surface area contributed by atoms with E-state index < -0.39 is 17.8 Å². The minimum absolute atomic E-state index is 0.0680. The summed E-state index contributed by atoms with van der Waals surface area (Å²) in [6.07, 6.45) is -0.177. The SMILES string of the molecule is O=C(NC[C@H](c1cccs1)n1cccn1)c1ccc(C(F)(F)F)nc1. The van der Waals surface area contributed by atoms with E-state index in [-0.39, 0.29) is 18.2 Å². The van der Waals surface area contributed by atoms with E-state index in [1.54, 1.807) is 23.1 Å². The maximum Gasteiger partial charge on any atom is 0.433 e. The van der Waals surface area contributed by atoms with Gasteiger partial charge in [-0.05, 0) is 29.6 Å². The van der Waals surface area contributed by atoms with Gasteiger partial charge in [0, 0.05) is 30.0 Å². The first-order chi connectivity index (χ1) is 11.9. The van der Waals surface area contributed by atoms with Gasteiger partial charge in [-0.3, -0.25) is 14.5 Å². The standard InChI is InChI=1S/C16H13F3N4OS/c17-16(18,19)14-5-4-11(9-20-14)15(24)21-10-12(13-3-1-8-25-13)23-7-2-6-22-23/h1-9,12H,10H2,(H,21,24)/t12-/m1/s1. The molecule has 0 fully saturated rings. The molecule has 0 aliphatic rings. The Hall–Kier alpha value is -2.68. The molecule has 0 saturated carbocycles. The Labute approximate surface area is 145 Å². The second kappa shape index (κ2) is 7.06. The quantitative estimate of drug-likeness (QED) is 0.753. The summed E-state index contributed by atoms with van der Waals surface area (Å²) >= 11 is 1.53. The van der Waals surface area contributed by atoms with Crippen molar-refractivity contribution in [3.8, 4) is 0 Å². The number of pyridine rings is 1. The molecular weight excluding hydrogens is 353 g/mol. The van der Waals surface area contributed by atoms with Crippen molar-refractivity contribution < 1.29 is 18.0 Å². The van der Waals surface area contributed by atoms with Crippen molar-refractivity contribution in [1.82, 2.24) is 20.1 Å². The van der Waals surface area contributed by atoms with E-state index in [2.05, 4.69) is 15.4 Å². The Balaban J connectivity index is 1.70. The number of halogens is 3.